The van der Waals surface area contributed by atoms with Crippen LogP contribution < -0.4 is 37.9 Å². The molecule has 0 radical (unpaired) electrons. The number of hydrogen-bond donors (Lipinski definition) is 0. The highest BCUT2D eigenvalue weighted by molar-refractivity contribution is 5.77. The lowest BCUT2D eigenvalue weighted by atomic mass is 9.83. The molecule has 0 saturated carbocycles. The van der Waals surface area contributed by atoms with Crippen LogP contribution in [0.1, 0.15) is 45.5 Å². The third-order valence-corrected chi connectivity index (χ3v) is 10.9. The number of methoxy groups -OCH3 is 8. The topological polar surface area (TPSA) is 80.3 Å². The Morgan fingerprint density at radius 3 is 1.04 bits per heavy atom. The van der Waals surface area contributed by atoms with Gasteiger partial charge in [0.15, 0.2) is 46.0 Å². The van der Waals surface area contributed by atoms with Crippen molar-refractivity contribution in [1.82, 2.24) is 9.80 Å². The number of rotatable bonds is 13. The molecule has 0 bridgehead atoms. The summed E-state index contributed by atoms with van der Waals surface area (Å²) in [4.78, 5) is 4.83. The molecule has 0 fully saturated rings. The summed E-state index contributed by atoms with van der Waals surface area (Å²) in [5.74, 6) is 5.61. The Kier molecular flexibility index (Phi) is 11.3. The monoisotopic (exact) mass is 712 g/mol. The first-order chi connectivity index (χ1) is 25.2. The second-order valence-electron chi connectivity index (χ2n) is 13.4. The maximum absolute atomic E-state index is 5.92. The van der Waals surface area contributed by atoms with Gasteiger partial charge in [-0.05, 0) is 133 Å². The lowest BCUT2D eigenvalue weighted by Gasteiger charge is -2.36. The van der Waals surface area contributed by atoms with E-state index in [0.29, 0.717) is 35.8 Å². The Morgan fingerprint density at radius 1 is 0.423 bits per heavy atom. The van der Waals surface area contributed by atoms with Gasteiger partial charge in [0.1, 0.15) is 0 Å². The van der Waals surface area contributed by atoms with E-state index in [0.717, 1.165) is 71.2 Å². The van der Waals surface area contributed by atoms with Crippen molar-refractivity contribution in [2.45, 2.75) is 37.8 Å². The highest BCUT2D eigenvalue weighted by atomic mass is 16.5. The normalized spacial score (nSPS) is 17.1. The van der Waals surface area contributed by atoms with Gasteiger partial charge in [-0.25, -0.2) is 0 Å². The third kappa shape index (κ3) is 6.89. The molecule has 0 amide bonds. The minimum Gasteiger partial charge on any atom is -0.493 e. The fraction of sp³-hybridized carbons (Fsp3) is 0.429. The molecule has 2 aliphatic heterocycles. The van der Waals surface area contributed by atoms with Crippen LogP contribution in [0.2, 0.25) is 0 Å². The van der Waals surface area contributed by atoms with E-state index < -0.39 is 0 Å². The van der Waals surface area contributed by atoms with Gasteiger partial charge in [0.25, 0.3) is 0 Å². The number of fused-ring (bicyclic) bond motifs is 2. The molecule has 0 spiro atoms. The van der Waals surface area contributed by atoms with Crippen LogP contribution in [0, 0.1) is 0 Å². The first-order valence-corrected chi connectivity index (χ1v) is 17.6. The van der Waals surface area contributed by atoms with Crippen LogP contribution >= 0.6 is 0 Å². The van der Waals surface area contributed by atoms with Gasteiger partial charge in [0.2, 0.25) is 0 Å². The van der Waals surface area contributed by atoms with E-state index >= 15 is 0 Å². The fourth-order valence-corrected chi connectivity index (χ4v) is 7.94. The van der Waals surface area contributed by atoms with Crippen LogP contribution in [0.25, 0.3) is 11.1 Å². The molecule has 0 N–H and O–H groups in total. The van der Waals surface area contributed by atoms with Crippen molar-refractivity contribution in [2.75, 3.05) is 84.1 Å². The molecule has 4 aromatic carbocycles. The molecule has 0 saturated heterocycles. The van der Waals surface area contributed by atoms with Crippen LogP contribution in [-0.2, 0) is 25.7 Å². The molecule has 6 rings (SSSR count). The first kappa shape index (κ1) is 37.0. The largest absolute Gasteiger partial charge is 0.493 e. The van der Waals surface area contributed by atoms with Crippen LogP contribution in [0.5, 0.6) is 46.0 Å². The number of benzene rings is 4. The summed E-state index contributed by atoms with van der Waals surface area (Å²) in [6, 6.07) is 17.1. The maximum atomic E-state index is 5.92. The number of ether oxygens (including phenoxy) is 8. The van der Waals surface area contributed by atoms with E-state index in [2.05, 4.69) is 72.4 Å². The number of nitrogens with zero attached hydrogens (tertiary/aromatic N) is 2. The lowest BCUT2D eigenvalue weighted by molar-refractivity contribution is 0.227. The SMILES string of the molecule is COc1cc(CC2c3cc(OC)c(OC)cc3CCN2C)c(-c2cc(OC)c(OC)cc2CC2c3cc(OC)c(OC)cc3CCN2C)cc1OC. The van der Waals surface area contributed by atoms with Gasteiger partial charge in [0, 0.05) is 25.2 Å². The Hall–Kier alpha value is -4.80. The predicted octanol–water partition coefficient (Wildman–Crippen LogP) is 6.97. The van der Waals surface area contributed by atoms with Gasteiger partial charge in [-0.3, -0.25) is 9.80 Å². The highest BCUT2D eigenvalue weighted by Crippen LogP contribution is 2.47. The van der Waals surface area contributed by atoms with Gasteiger partial charge in [0.05, 0.1) is 56.9 Å². The minimum absolute atomic E-state index is 0.0720. The van der Waals surface area contributed by atoms with Crippen LogP contribution in [-0.4, -0.2) is 93.9 Å². The summed E-state index contributed by atoms with van der Waals surface area (Å²) in [7, 11) is 17.8. The van der Waals surface area contributed by atoms with Crippen LogP contribution in [0.15, 0.2) is 48.5 Å². The summed E-state index contributed by atoms with van der Waals surface area (Å²) in [5, 5.41) is 0. The Labute approximate surface area is 308 Å². The lowest BCUT2D eigenvalue weighted by Crippen LogP contribution is -2.34. The third-order valence-electron chi connectivity index (χ3n) is 10.9. The molecule has 10 nitrogen and oxygen atoms in total. The zero-order chi connectivity index (χ0) is 37.1. The zero-order valence-electron chi connectivity index (χ0n) is 32.2. The van der Waals surface area contributed by atoms with Crippen molar-refractivity contribution in [2.24, 2.45) is 0 Å². The summed E-state index contributed by atoms with van der Waals surface area (Å²) in [6.07, 6.45) is 3.28. The summed E-state index contributed by atoms with van der Waals surface area (Å²) >= 11 is 0. The summed E-state index contributed by atoms with van der Waals surface area (Å²) in [6.45, 7) is 1.83. The quantitative estimate of drug-likeness (QED) is 0.145. The standard InChI is InChI=1S/C42H52N2O8/c1-43-13-11-25-17-35(45-3)41(51-9)23-31(25)33(43)15-27-19-37(47-5)39(49-7)21-29(27)30-22-40(50-8)38(48-6)20-28(30)16-34-32-24-42(52-10)36(46-4)18-26(32)12-14-44(34)2/h17-24,33-34H,11-16H2,1-10H3. The van der Waals surface area contributed by atoms with E-state index in [1.807, 2.05) is 0 Å². The van der Waals surface area contributed by atoms with Gasteiger partial charge in [-0.15, -0.1) is 0 Å². The second-order valence-corrected chi connectivity index (χ2v) is 13.4. The Bertz CT molecular complexity index is 1770. The van der Waals surface area contributed by atoms with Gasteiger partial charge in [-0.1, -0.05) is 0 Å². The van der Waals surface area contributed by atoms with Crippen LogP contribution in [0.3, 0.4) is 0 Å². The molecule has 2 heterocycles. The van der Waals surface area contributed by atoms with Gasteiger partial charge >= 0.3 is 0 Å². The van der Waals surface area contributed by atoms with Crippen molar-refractivity contribution in [1.29, 1.82) is 0 Å². The van der Waals surface area contributed by atoms with Crippen molar-refractivity contribution >= 4 is 0 Å². The summed E-state index contributed by atoms with van der Waals surface area (Å²) in [5.41, 5.74) is 9.31. The van der Waals surface area contributed by atoms with Crippen molar-refractivity contribution in [3.8, 4) is 57.1 Å². The molecule has 4 aromatic rings. The van der Waals surface area contributed by atoms with Crippen LogP contribution in [0.4, 0.5) is 0 Å². The molecule has 2 atom stereocenters. The number of hydrogen-bond acceptors (Lipinski definition) is 10. The van der Waals surface area contributed by atoms with Gasteiger partial charge in [-0.2, -0.15) is 0 Å². The van der Waals surface area contributed by atoms with E-state index in [-0.39, 0.29) is 12.1 Å². The molecule has 2 aliphatic rings. The summed E-state index contributed by atoms with van der Waals surface area (Å²) < 4.78 is 46.5. The molecule has 2 unspecified atom stereocenters. The Balaban J connectivity index is 1.53. The van der Waals surface area contributed by atoms with E-state index in [1.165, 1.54) is 22.3 Å². The first-order valence-electron chi connectivity index (χ1n) is 17.6. The van der Waals surface area contributed by atoms with Crippen molar-refractivity contribution in [3.63, 3.8) is 0 Å². The van der Waals surface area contributed by atoms with Crippen molar-refractivity contribution in [3.05, 3.63) is 81.9 Å². The minimum atomic E-state index is 0.0720. The molecule has 0 aromatic heterocycles. The molecule has 278 valence electrons. The van der Waals surface area contributed by atoms with Crippen molar-refractivity contribution < 1.29 is 37.9 Å². The maximum Gasteiger partial charge on any atom is 0.161 e. The van der Waals surface area contributed by atoms with E-state index in [4.69, 9.17) is 37.9 Å². The molecule has 10 heteroatoms. The molecule has 0 aliphatic carbocycles. The smallest absolute Gasteiger partial charge is 0.161 e. The highest BCUT2D eigenvalue weighted by Gasteiger charge is 2.32. The molecular weight excluding hydrogens is 660 g/mol. The number of likely N-dealkylation sites (N-methyl/N-ethyl adjacent to an activating group) is 2. The van der Waals surface area contributed by atoms with Gasteiger partial charge < -0.3 is 37.9 Å². The Morgan fingerprint density at radius 2 is 0.712 bits per heavy atom. The predicted molar refractivity (Wildman–Crippen MR) is 203 cm³/mol. The second kappa shape index (κ2) is 15.8. The fourth-order valence-electron chi connectivity index (χ4n) is 7.94. The zero-order valence-corrected chi connectivity index (χ0v) is 32.2. The van der Waals surface area contributed by atoms with E-state index in [1.54, 1.807) is 56.9 Å². The van der Waals surface area contributed by atoms with E-state index in [9.17, 15) is 0 Å². The average Bonchev–Trinajstić information content (AvgIpc) is 3.18. The average molecular weight is 713 g/mol. The molecule has 52 heavy (non-hydrogen) atoms. The molecular formula is C42H52N2O8.